The summed E-state index contributed by atoms with van der Waals surface area (Å²) in [5.41, 5.74) is 2.39. The summed E-state index contributed by atoms with van der Waals surface area (Å²) in [7, 11) is 0. The van der Waals surface area contributed by atoms with Crippen molar-refractivity contribution >= 4 is 23.7 Å². The van der Waals surface area contributed by atoms with E-state index in [4.69, 9.17) is 4.42 Å². The van der Waals surface area contributed by atoms with Gasteiger partial charge in [0.1, 0.15) is 0 Å². The third-order valence-corrected chi connectivity index (χ3v) is 4.62. The second-order valence-corrected chi connectivity index (χ2v) is 6.55. The van der Waals surface area contributed by atoms with Crippen LogP contribution in [-0.2, 0) is 17.6 Å². The van der Waals surface area contributed by atoms with Crippen LogP contribution in [-0.4, -0.2) is 21.9 Å². The Morgan fingerprint density at radius 3 is 2.48 bits per heavy atom. The summed E-state index contributed by atoms with van der Waals surface area (Å²) in [5.74, 6) is 0.604. The maximum atomic E-state index is 12.0. The van der Waals surface area contributed by atoms with E-state index >= 15 is 0 Å². The molecule has 6 heteroatoms. The monoisotopic (exact) mass is 353 g/mol. The van der Waals surface area contributed by atoms with Crippen LogP contribution < -0.4 is 5.32 Å². The molecule has 128 valence electrons. The number of nitrogens with one attached hydrogen (secondary N) is 1. The van der Waals surface area contributed by atoms with Gasteiger partial charge in [-0.05, 0) is 29.7 Å². The smallest absolute Gasteiger partial charge is 0.322 e. The average Bonchev–Trinajstić information content (AvgIpc) is 3.08. The van der Waals surface area contributed by atoms with Crippen molar-refractivity contribution in [2.75, 3.05) is 11.1 Å². The van der Waals surface area contributed by atoms with Crippen LogP contribution in [0.15, 0.2) is 63.9 Å². The number of rotatable bonds is 7. The number of hydrogen-bond acceptors (Lipinski definition) is 5. The minimum Gasteiger partial charge on any atom is -0.407 e. The number of anilines is 1. The molecule has 5 nitrogen and oxygen atoms in total. The zero-order valence-corrected chi connectivity index (χ0v) is 14.8. The van der Waals surface area contributed by atoms with Gasteiger partial charge < -0.3 is 4.42 Å². The fourth-order valence-electron chi connectivity index (χ4n) is 2.26. The Labute approximate surface area is 150 Å². The summed E-state index contributed by atoms with van der Waals surface area (Å²) in [4.78, 5) is 13.0. The van der Waals surface area contributed by atoms with Crippen molar-refractivity contribution in [3.05, 3.63) is 71.6 Å². The van der Waals surface area contributed by atoms with E-state index in [1.807, 2.05) is 30.3 Å². The maximum absolute atomic E-state index is 12.0. The van der Waals surface area contributed by atoms with E-state index < -0.39 is 0 Å². The molecule has 1 N–H and O–H groups in total. The Morgan fingerprint density at radius 2 is 1.76 bits per heavy atom. The van der Waals surface area contributed by atoms with Crippen LogP contribution in [0.25, 0.3) is 0 Å². The molecule has 0 saturated carbocycles. The minimum absolute atomic E-state index is 0.138. The van der Waals surface area contributed by atoms with Crippen LogP contribution in [0.5, 0.6) is 0 Å². The molecule has 2 aromatic carbocycles. The molecule has 0 fully saturated rings. The van der Waals surface area contributed by atoms with Gasteiger partial charge in [0, 0.05) is 4.90 Å². The van der Waals surface area contributed by atoms with Crippen LogP contribution >= 0.6 is 11.8 Å². The van der Waals surface area contributed by atoms with Crippen LogP contribution in [0.4, 0.5) is 6.01 Å². The maximum Gasteiger partial charge on any atom is 0.322 e. The normalized spacial score (nSPS) is 10.6. The highest BCUT2D eigenvalue weighted by molar-refractivity contribution is 8.00. The SMILES string of the molecule is CCc1ccc(Cc2nnc(NC(=O)CSc3ccccc3)o2)cc1. The van der Waals surface area contributed by atoms with Crippen molar-refractivity contribution in [3.8, 4) is 0 Å². The molecular formula is C19H19N3O2S. The Bertz CT molecular complexity index is 816. The summed E-state index contributed by atoms with van der Waals surface area (Å²) < 4.78 is 5.50. The average molecular weight is 353 g/mol. The van der Waals surface area contributed by atoms with E-state index in [9.17, 15) is 4.79 Å². The highest BCUT2D eigenvalue weighted by Crippen LogP contribution is 2.17. The van der Waals surface area contributed by atoms with E-state index in [1.54, 1.807) is 0 Å². The highest BCUT2D eigenvalue weighted by atomic mass is 32.2. The lowest BCUT2D eigenvalue weighted by Crippen LogP contribution is -2.14. The summed E-state index contributed by atoms with van der Waals surface area (Å²) >= 11 is 1.46. The topological polar surface area (TPSA) is 68.0 Å². The second-order valence-electron chi connectivity index (χ2n) is 5.50. The predicted molar refractivity (Wildman–Crippen MR) is 98.7 cm³/mol. The number of benzene rings is 2. The van der Waals surface area contributed by atoms with Crippen molar-refractivity contribution in [2.24, 2.45) is 0 Å². The van der Waals surface area contributed by atoms with Gasteiger partial charge in [0.05, 0.1) is 12.2 Å². The van der Waals surface area contributed by atoms with Crippen molar-refractivity contribution in [1.82, 2.24) is 10.2 Å². The van der Waals surface area contributed by atoms with Gasteiger partial charge in [-0.3, -0.25) is 10.1 Å². The largest absolute Gasteiger partial charge is 0.407 e. The number of thioether (sulfide) groups is 1. The van der Waals surface area contributed by atoms with E-state index in [1.165, 1.54) is 17.3 Å². The van der Waals surface area contributed by atoms with Crippen LogP contribution in [0.3, 0.4) is 0 Å². The van der Waals surface area contributed by atoms with Gasteiger partial charge in [0.2, 0.25) is 11.8 Å². The van der Waals surface area contributed by atoms with Crippen LogP contribution in [0, 0.1) is 0 Å². The number of amides is 1. The first-order valence-electron chi connectivity index (χ1n) is 8.11. The highest BCUT2D eigenvalue weighted by Gasteiger charge is 2.10. The molecule has 0 saturated heterocycles. The minimum atomic E-state index is -0.170. The lowest BCUT2D eigenvalue weighted by Gasteiger charge is -2.01. The van der Waals surface area contributed by atoms with Gasteiger partial charge in [-0.1, -0.05) is 54.5 Å². The number of carbonyl (C=O) groups is 1. The Morgan fingerprint density at radius 1 is 1.04 bits per heavy atom. The zero-order chi connectivity index (χ0) is 17.5. The molecule has 0 spiro atoms. The fraction of sp³-hybridized carbons (Fsp3) is 0.211. The fourth-order valence-corrected chi connectivity index (χ4v) is 2.98. The quantitative estimate of drug-likeness (QED) is 0.651. The molecule has 0 aliphatic carbocycles. The molecule has 1 amide bonds. The molecule has 1 aromatic heterocycles. The molecule has 25 heavy (non-hydrogen) atoms. The van der Waals surface area contributed by atoms with Gasteiger partial charge in [-0.25, -0.2) is 0 Å². The lowest BCUT2D eigenvalue weighted by atomic mass is 10.1. The van der Waals surface area contributed by atoms with Gasteiger partial charge in [0.25, 0.3) is 0 Å². The second kappa shape index (κ2) is 8.48. The first kappa shape index (κ1) is 17.2. The molecular weight excluding hydrogens is 334 g/mol. The molecule has 3 rings (SSSR count). The summed E-state index contributed by atoms with van der Waals surface area (Å²) in [6.07, 6.45) is 1.56. The lowest BCUT2D eigenvalue weighted by molar-refractivity contribution is -0.113. The van der Waals surface area contributed by atoms with Gasteiger partial charge >= 0.3 is 6.01 Å². The molecule has 0 unspecified atom stereocenters. The van der Waals surface area contributed by atoms with E-state index in [-0.39, 0.29) is 11.9 Å². The van der Waals surface area contributed by atoms with E-state index in [0.29, 0.717) is 18.1 Å². The Kier molecular flexibility index (Phi) is 5.85. The van der Waals surface area contributed by atoms with Crippen molar-refractivity contribution in [1.29, 1.82) is 0 Å². The summed E-state index contributed by atoms with van der Waals surface area (Å²) in [5, 5.41) is 10.5. The Balaban J connectivity index is 1.51. The van der Waals surface area contributed by atoms with Gasteiger partial charge in [0.15, 0.2) is 0 Å². The van der Waals surface area contributed by atoms with Crippen LogP contribution in [0.2, 0.25) is 0 Å². The number of aryl methyl sites for hydroxylation is 1. The molecule has 0 atom stereocenters. The molecule has 0 aliphatic rings. The Hall–Kier alpha value is -2.60. The summed E-state index contributed by atoms with van der Waals surface area (Å²) in [6, 6.07) is 18.2. The molecule has 0 bridgehead atoms. The number of carbonyl (C=O) groups excluding carboxylic acids is 1. The first-order chi connectivity index (χ1) is 12.2. The standard InChI is InChI=1S/C19H19N3O2S/c1-2-14-8-10-15(11-9-14)12-18-21-22-19(24-18)20-17(23)13-25-16-6-4-3-5-7-16/h3-11H,2,12-13H2,1H3,(H,20,22,23). The van der Waals surface area contributed by atoms with E-state index in [2.05, 4.69) is 46.7 Å². The third kappa shape index (κ3) is 5.19. The van der Waals surface area contributed by atoms with Crippen molar-refractivity contribution in [3.63, 3.8) is 0 Å². The predicted octanol–water partition coefficient (Wildman–Crippen LogP) is 3.95. The molecule has 1 heterocycles. The number of hydrogen-bond donors (Lipinski definition) is 1. The van der Waals surface area contributed by atoms with Crippen molar-refractivity contribution < 1.29 is 9.21 Å². The molecule has 0 aliphatic heterocycles. The molecule has 3 aromatic rings. The number of aromatic nitrogens is 2. The van der Waals surface area contributed by atoms with Gasteiger partial charge in [-0.15, -0.1) is 16.9 Å². The third-order valence-electron chi connectivity index (χ3n) is 3.61. The van der Waals surface area contributed by atoms with Crippen molar-refractivity contribution in [2.45, 2.75) is 24.7 Å². The zero-order valence-electron chi connectivity index (χ0n) is 13.9. The van der Waals surface area contributed by atoms with E-state index in [0.717, 1.165) is 16.9 Å². The first-order valence-corrected chi connectivity index (χ1v) is 9.09. The van der Waals surface area contributed by atoms with Crippen LogP contribution in [0.1, 0.15) is 23.9 Å². The number of nitrogens with zero attached hydrogens (tertiary/aromatic N) is 2. The van der Waals surface area contributed by atoms with Gasteiger partial charge in [-0.2, -0.15) is 0 Å². The summed E-state index contributed by atoms with van der Waals surface area (Å²) in [6.45, 7) is 2.12. The molecule has 0 radical (unpaired) electrons.